The van der Waals surface area contributed by atoms with Crippen LogP contribution in [-0.2, 0) is 27.4 Å². The molecule has 0 saturated heterocycles. The topological polar surface area (TPSA) is 114 Å². The molecule has 9 nitrogen and oxygen atoms in total. The molecular formula is C24H26N4O5. The maximum Gasteiger partial charge on any atom is 0.408 e. The fraction of sp³-hybridized carbons (Fsp3) is 0.250. The van der Waals surface area contributed by atoms with Gasteiger partial charge in [-0.05, 0) is 18.1 Å². The molecule has 172 valence electrons. The number of anilines is 1. The molecule has 0 radical (unpaired) electrons. The monoisotopic (exact) mass is 450 g/mol. The lowest BCUT2D eigenvalue weighted by Gasteiger charge is -2.24. The molecule has 3 rings (SSSR count). The smallest absolute Gasteiger partial charge is 0.408 e. The molecule has 1 aromatic heterocycles. The zero-order valence-electron chi connectivity index (χ0n) is 18.5. The van der Waals surface area contributed by atoms with Crippen LogP contribution in [0.25, 0.3) is 0 Å². The van der Waals surface area contributed by atoms with Gasteiger partial charge in [0.25, 0.3) is 0 Å². The number of likely N-dealkylation sites (N-methyl/N-ethyl adjacent to an activating group) is 1. The molecule has 0 saturated carbocycles. The van der Waals surface area contributed by atoms with E-state index < -0.39 is 23.9 Å². The third kappa shape index (κ3) is 7.49. The molecular weight excluding hydrogens is 424 g/mol. The number of carbonyl (C=O) groups excluding carboxylic acids is 3. The van der Waals surface area contributed by atoms with Crippen molar-refractivity contribution in [1.29, 1.82) is 0 Å². The van der Waals surface area contributed by atoms with Crippen LogP contribution in [0.5, 0.6) is 0 Å². The van der Waals surface area contributed by atoms with Crippen molar-refractivity contribution >= 4 is 23.7 Å². The summed E-state index contributed by atoms with van der Waals surface area (Å²) in [6.07, 6.45) is -0.474. The molecule has 1 atom stereocenters. The van der Waals surface area contributed by atoms with Crippen LogP contribution in [0.2, 0.25) is 0 Å². The molecule has 3 amide bonds. The molecule has 1 unspecified atom stereocenters. The first-order valence-electron chi connectivity index (χ1n) is 10.4. The first-order valence-corrected chi connectivity index (χ1v) is 10.4. The summed E-state index contributed by atoms with van der Waals surface area (Å²) in [6.45, 7) is 1.56. The van der Waals surface area contributed by atoms with Gasteiger partial charge in [-0.25, -0.2) is 4.79 Å². The highest BCUT2D eigenvalue weighted by Crippen LogP contribution is 2.09. The number of nitrogens with zero attached hydrogens (tertiary/aromatic N) is 2. The summed E-state index contributed by atoms with van der Waals surface area (Å²) in [5, 5.41) is 8.90. The Balaban J connectivity index is 1.62. The van der Waals surface area contributed by atoms with Gasteiger partial charge in [-0.15, -0.1) is 0 Å². The summed E-state index contributed by atoms with van der Waals surface area (Å²) in [7, 11) is 1.49. The second-order valence-electron chi connectivity index (χ2n) is 7.51. The Labute approximate surface area is 191 Å². The molecule has 9 heteroatoms. The fourth-order valence-electron chi connectivity index (χ4n) is 3.12. The van der Waals surface area contributed by atoms with E-state index >= 15 is 0 Å². The maximum absolute atomic E-state index is 13.1. The minimum absolute atomic E-state index is 0.0777. The van der Waals surface area contributed by atoms with Crippen molar-refractivity contribution in [3.8, 4) is 0 Å². The standard InChI is InChI=1S/C24H26N4O5/c1-17-13-21(27-33-17)26-22(29)15-28(2)23(30)20(14-18-9-5-3-6-10-18)25-24(31)32-16-19-11-7-4-8-12-19/h3-13,20H,14-16H2,1-2H3,(H,25,31)(H,26,27,29). The molecule has 2 aromatic carbocycles. The quantitative estimate of drug-likeness (QED) is 0.518. The molecule has 0 fully saturated rings. The van der Waals surface area contributed by atoms with E-state index in [0.717, 1.165) is 11.1 Å². The number of aromatic nitrogens is 1. The highest BCUT2D eigenvalue weighted by atomic mass is 16.5. The molecule has 0 aliphatic heterocycles. The maximum atomic E-state index is 13.1. The van der Waals surface area contributed by atoms with Crippen LogP contribution in [0, 0.1) is 6.92 Å². The summed E-state index contributed by atoms with van der Waals surface area (Å²) < 4.78 is 10.2. The van der Waals surface area contributed by atoms with E-state index in [1.165, 1.54) is 11.9 Å². The van der Waals surface area contributed by atoms with Crippen LogP contribution in [0.1, 0.15) is 16.9 Å². The van der Waals surface area contributed by atoms with Crippen molar-refractivity contribution in [1.82, 2.24) is 15.4 Å². The molecule has 0 aliphatic carbocycles. The van der Waals surface area contributed by atoms with Gasteiger partial charge in [-0.1, -0.05) is 65.8 Å². The molecule has 3 aromatic rings. The van der Waals surface area contributed by atoms with E-state index in [1.807, 2.05) is 60.7 Å². The van der Waals surface area contributed by atoms with E-state index in [2.05, 4.69) is 15.8 Å². The summed E-state index contributed by atoms with van der Waals surface area (Å²) in [5.41, 5.74) is 1.69. The molecule has 2 N–H and O–H groups in total. The summed E-state index contributed by atoms with van der Waals surface area (Å²) in [4.78, 5) is 39.0. The van der Waals surface area contributed by atoms with Crippen molar-refractivity contribution in [3.05, 3.63) is 83.6 Å². The fourth-order valence-corrected chi connectivity index (χ4v) is 3.12. The highest BCUT2D eigenvalue weighted by Gasteiger charge is 2.26. The Morgan fingerprint density at radius 3 is 2.27 bits per heavy atom. The molecule has 0 aliphatic rings. The zero-order chi connectivity index (χ0) is 23.6. The first-order chi connectivity index (χ1) is 15.9. The Morgan fingerprint density at radius 1 is 1.03 bits per heavy atom. The molecule has 1 heterocycles. The summed E-state index contributed by atoms with van der Waals surface area (Å²) in [6, 6.07) is 19.2. The average Bonchev–Trinajstić information content (AvgIpc) is 3.22. The highest BCUT2D eigenvalue weighted by molar-refractivity contribution is 5.95. The lowest BCUT2D eigenvalue weighted by atomic mass is 10.0. The third-order valence-electron chi connectivity index (χ3n) is 4.74. The summed E-state index contributed by atoms with van der Waals surface area (Å²) >= 11 is 0. The SMILES string of the molecule is Cc1cc(NC(=O)CN(C)C(=O)C(Cc2ccccc2)NC(=O)OCc2ccccc2)no1. The predicted octanol–water partition coefficient (Wildman–Crippen LogP) is 2.92. The number of amides is 3. The van der Waals surface area contributed by atoms with Gasteiger partial charge >= 0.3 is 6.09 Å². The molecule has 0 bridgehead atoms. The molecule has 33 heavy (non-hydrogen) atoms. The van der Waals surface area contributed by atoms with Gasteiger partial charge in [0.15, 0.2) is 5.82 Å². The number of alkyl carbamates (subject to hydrolysis) is 1. The van der Waals surface area contributed by atoms with Crippen molar-refractivity contribution < 1.29 is 23.6 Å². The van der Waals surface area contributed by atoms with E-state index in [-0.39, 0.29) is 25.4 Å². The largest absolute Gasteiger partial charge is 0.445 e. The summed E-state index contributed by atoms with van der Waals surface area (Å²) in [5.74, 6) is -0.0519. The van der Waals surface area contributed by atoms with Gasteiger partial charge < -0.3 is 24.8 Å². The predicted molar refractivity (Wildman–Crippen MR) is 121 cm³/mol. The molecule has 0 spiro atoms. The van der Waals surface area contributed by atoms with Crippen molar-refractivity contribution in [2.24, 2.45) is 0 Å². The van der Waals surface area contributed by atoms with E-state index in [4.69, 9.17) is 9.26 Å². The number of aryl methyl sites for hydroxylation is 1. The van der Waals surface area contributed by atoms with Crippen LogP contribution in [-0.4, -0.2) is 47.6 Å². The van der Waals surface area contributed by atoms with Crippen LogP contribution in [0.3, 0.4) is 0 Å². The van der Waals surface area contributed by atoms with E-state index in [9.17, 15) is 14.4 Å². The number of hydrogen-bond acceptors (Lipinski definition) is 6. The number of hydrogen-bond donors (Lipinski definition) is 2. The zero-order valence-corrected chi connectivity index (χ0v) is 18.5. The Kier molecular flexibility index (Phi) is 8.18. The number of nitrogens with one attached hydrogen (secondary N) is 2. The van der Waals surface area contributed by atoms with Gasteiger partial charge in [0, 0.05) is 19.5 Å². The van der Waals surface area contributed by atoms with Gasteiger partial charge in [-0.3, -0.25) is 9.59 Å². The lowest BCUT2D eigenvalue weighted by molar-refractivity contribution is -0.135. The van der Waals surface area contributed by atoms with E-state index in [1.54, 1.807) is 13.0 Å². The third-order valence-corrected chi connectivity index (χ3v) is 4.74. The Hall–Kier alpha value is -4.14. The van der Waals surface area contributed by atoms with Gasteiger partial charge in [0.05, 0.1) is 6.54 Å². The second-order valence-corrected chi connectivity index (χ2v) is 7.51. The van der Waals surface area contributed by atoms with Crippen LogP contribution in [0.4, 0.5) is 10.6 Å². The number of rotatable bonds is 9. The minimum atomic E-state index is -0.914. The minimum Gasteiger partial charge on any atom is -0.445 e. The van der Waals surface area contributed by atoms with Gasteiger partial charge in [0.1, 0.15) is 18.4 Å². The Bertz CT molecular complexity index is 1070. The van der Waals surface area contributed by atoms with Crippen LogP contribution in [0.15, 0.2) is 71.3 Å². The van der Waals surface area contributed by atoms with Gasteiger partial charge in [-0.2, -0.15) is 0 Å². The first kappa shape index (κ1) is 23.5. The van der Waals surface area contributed by atoms with Gasteiger partial charge in [0.2, 0.25) is 11.8 Å². The van der Waals surface area contributed by atoms with Crippen molar-refractivity contribution in [2.45, 2.75) is 26.0 Å². The Morgan fingerprint density at radius 2 is 1.67 bits per heavy atom. The number of ether oxygens (including phenoxy) is 1. The second kappa shape index (κ2) is 11.5. The van der Waals surface area contributed by atoms with Crippen LogP contribution < -0.4 is 10.6 Å². The number of carbonyl (C=O) groups is 3. The lowest BCUT2D eigenvalue weighted by Crippen LogP contribution is -2.50. The number of benzene rings is 2. The van der Waals surface area contributed by atoms with Crippen molar-refractivity contribution in [3.63, 3.8) is 0 Å². The van der Waals surface area contributed by atoms with E-state index in [0.29, 0.717) is 5.76 Å². The van der Waals surface area contributed by atoms with Crippen molar-refractivity contribution in [2.75, 3.05) is 18.9 Å². The average molecular weight is 450 g/mol. The van der Waals surface area contributed by atoms with Crippen LogP contribution >= 0.6 is 0 Å². The normalized spacial score (nSPS) is 11.3.